The number of nitriles is 1. The molecule has 0 aliphatic rings. The summed E-state index contributed by atoms with van der Waals surface area (Å²) in [4.78, 5) is 12.1. The standard InChI is InChI=1S/C13H23NO2/c1-6-10(4)13(9-14,11(5)7-2)12(15)16-8-3/h10-11H,6-8H2,1-5H3. The van der Waals surface area contributed by atoms with E-state index in [1.807, 2.05) is 27.7 Å². The first-order valence-electron chi connectivity index (χ1n) is 6.09. The summed E-state index contributed by atoms with van der Waals surface area (Å²) in [6.45, 7) is 10.00. The Balaban J connectivity index is 5.29. The predicted molar refractivity (Wildman–Crippen MR) is 63.6 cm³/mol. The van der Waals surface area contributed by atoms with Gasteiger partial charge < -0.3 is 4.74 Å². The van der Waals surface area contributed by atoms with Crippen LogP contribution in [0, 0.1) is 28.6 Å². The van der Waals surface area contributed by atoms with Crippen molar-refractivity contribution >= 4 is 5.97 Å². The van der Waals surface area contributed by atoms with E-state index in [0.717, 1.165) is 12.8 Å². The second kappa shape index (κ2) is 6.52. The van der Waals surface area contributed by atoms with Gasteiger partial charge in [0, 0.05) is 0 Å². The topological polar surface area (TPSA) is 50.1 Å². The van der Waals surface area contributed by atoms with Gasteiger partial charge in [-0.2, -0.15) is 5.26 Å². The lowest BCUT2D eigenvalue weighted by atomic mass is 9.67. The molecule has 0 saturated carbocycles. The lowest BCUT2D eigenvalue weighted by molar-refractivity contribution is -0.158. The highest BCUT2D eigenvalue weighted by Crippen LogP contribution is 2.40. The van der Waals surface area contributed by atoms with Gasteiger partial charge in [-0.3, -0.25) is 4.79 Å². The molecule has 0 aromatic heterocycles. The fourth-order valence-corrected chi connectivity index (χ4v) is 2.05. The zero-order valence-corrected chi connectivity index (χ0v) is 11.0. The van der Waals surface area contributed by atoms with Crippen molar-refractivity contribution in [2.24, 2.45) is 17.3 Å². The van der Waals surface area contributed by atoms with Crippen LogP contribution < -0.4 is 0 Å². The smallest absolute Gasteiger partial charge is 0.327 e. The molecule has 0 aromatic rings. The Hall–Kier alpha value is -1.04. The Labute approximate surface area is 98.8 Å². The molecule has 16 heavy (non-hydrogen) atoms. The molecule has 3 nitrogen and oxygen atoms in total. The predicted octanol–water partition coefficient (Wildman–Crippen LogP) is 3.15. The molecule has 0 aliphatic heterocycles. The fourth-order valence-electron chi connectivity index (χ4n) is 2.05. The summed E-state index contributed by atoms with van der Waals surface area (Å²) in [6.07, 6.45) is 1.60. The molecule has 0 fully saturated rings. The van der Waals surface area contributed by atoms with E-state index in [4.69, 9.17) is 4.74 Å². The first-order valence-corrected chi connectivity index (χ1v) is 6.09. The van der Waals surface area contributed by atoms with Gasteiger partial charge in [-0.1, -0.05) is 40.5 Å². The van der Waals surface area contributed by atoms with Crippen LogP contribution in [0.3, 0.4) is 0 Å². The van der Waals surface area contributed by atoms with Gasteiger partial charge in [0.1, 0.15) is 0 Å². The van der Waals surface area contributed by atoms with E-state index >= 15 is 0 Å². The average Bonchev–Trinajstić information content (AvgIpc) is 2.30. The Kier molecular flexibility index (Phi) is 6.10. The molecular formula is C13H23NO2. The third-order valence-corrected chi connectivity index (χ3v) is 3.58. The Morgan fingerprint density at radius 2 is 1.69 bits per heavy atom. The summed E-state index contributed by atoms with van der Waals surface area (Å²) in [7, 11) is 0. The Morgan fingerprint density at radius 3 is 1.94 bits per heavy atom. The van der Waals surface area contributed by atoms with E-state index in [-0.39, 0.29) is 17.8 Å². The van der Waals surface area contributed by atoms with Gasteiger partial charge >= 0.3 is 5.97 Å². The highest BCUT2D eigenvalue weighted by atomic mass is 16.5. The molecule has 0 radical (unpaired) electrons. The SMILES string of the molecule is CCOC(=O)C(C#N)(C(C)CC)C(C)CC. The van der Waals surface area contributed by atoms with Gasteiger partial charge in [0.2, 0.25) is 0 Å². The number of carbonyl (C=O) groups is 1. The molecule has 3 heteroatoms. The second-order valence-corrected chi connectivity index (χ2v) is 4.32. The summed E-state index contributed by atoms with van der Waals surface area (Å²) in [5.74, 6) is -0.320. The van der Waals surface area contributed by atoms with Crippen LogP contribution in [0.5, 0.6) is 0 Å². The number of rotatable bonds is 6. The molecule has 0 bridgehead atoms. The first kappa shape index (κ1) is 15.0. The zero-order valence-electron chi connectivity index (χ0n) is 11.0. The maximum atomic E-state index is 12.1. The second-order valence-electron chi connectivity index (χ2n) is 4.32. The fraction of sp³-hybridized carbons (Fsp3) is 0.846. The van der Waals surface area contributed by atoms with Crippen molar-refractivity contribution in [3.63, 3.8) is 0 Å². The molecule has 0 spiro atoms. The quantitative estimate of drug-likeness (QED) is 0.652. The monoisotopic (exact) mass is 225 g/mol. The van der Waals surface area contributed by atoms with Crippen LogP contribution in [0.15, 0.2) is 0 Å². The van der Waals surface area contributed by atoms with Crippen molar-refractivity contribution in [2.75, 3.05) is 6.61 Å². The molecule has 2 atom stereocenters. The van der Waals surface area contributed by atoms with Crippen LogP contribution in [0.1, 0.15) is 47.5 Å². The van der Waals surface area contributed by atoms with Gasteiger partial charge in [0.15, 0.2) is 5.41 Å². The Bertz CT molecular complexity index is 258. The van der Waals surface area contributed by atoms with E-state index in [2.05, 4.69) is 6.07 Å². The van der Waals surface area contributed by atoms with E-state index in [9.17, 15) is 10.1 Å². The third kappa shape index (κ3) is 2.55. The molecule has 0 rings (SSSR count). The minimum Gasteiger partial charge on any atom is -0.465 e. The summed E-state index contributed by atoms with van der Waals surface area (Å²) in [5, 5.41) is 9.43. The highest BCUT2D eigenvalue weighted by molar-refractivity contribution is 5.80. The molecule has 0 amide bonds. The van der Waals surface area contributed by atoms with E-state index in [1.165, 1.54) is 0 Å². The van der Waals surface area contributed by atoms with Crippen molar-refractivity contribution < 1.29 is 9.53 Å². The van der Waals surface area contributed by atoms with Crippen LogP contribution in [-0.4, -0.2) is 12.6 Å². The Morgan fingerprint density at radius 1 is 1.25 bits per heavy atom. The number of esters is 1. The first-order chi connectivity index (χ1) is 7.50. The number of ether oxygens (including phenoxy) is 1. The van der Waals surface area contributed by atoms with Gasteiger partial charge in [-0.25, -0.2) is 0 Å². The zero-order chi connectivity index (χ0) is 12.8. The number of hydrogen-bond acceptors (Lipinski definition) is 3. The van der Waals surface area contributed by atoms with Gasteiger partial charge in [0.25, 0.3) is 0 Å². The summed E-state index contributed by atoms with van der Waals surface area (Å²) in [5.41, 5.74) is -0.987. The normalized spacial score (nSPS) is 18.0. The highest BCUT2D eigenvalue weighted by Gasteiger charge is 2.48. The molecular weight excluding hydrogens is 202 g/mol. The van der Waals surface area contributed by atoms with E-state index in [1.54, 1.807) is 6.92 Å². The number of carbonyl (C=O) groups excluding carboxylic acids is 1. The minimum atomic E-state index is -0.987. The summed E-state index contributed by atoms with van der Waals surface area (Å²) >= 11 is 0. The molecule has 2 unspecified atom stereocenters. The van der Waals surface area contributed by atoms with E-state index in [0.29, 0.717) is 6.61 Å². The van der Waals surface area contributed by atoms with Crippen molar-refractivity contribution in [3.8, 4) is 6.07 Å². The maximum absolute atomic E-state index is 12.1. The molecule has 0 aromatic carbocycles. The summed E-state index contributed by atoms with van der Waals surface area (Å²) in [6, 6.07) is 2.23. The molecule has 92 valence electrons. The number of nitrogens with zero attached hydrogens (tertiary/aromatic N) is 1. The van der Waals surface area contributed by atoms with Crippen LogP contribution in [-0.2, 0) is 9.53 Å². The molecule has 0 N–H and O–H groups in total. The van der Waals surface area contributed by atoms with Gasteiger partial charge in [0.05, 0.1) is 12.7 Å². The van der Waals surface area contributed by atoms with Crippen LogP contribution >= 0.6 is 0 Å². The van der Waals surface area contributed by atoms with Gasteiger partial charge in [-0.05, 0) is 18.8 Å². The van der Waals surface area contributed by atoms with Crippen LogP contribution in [0.2, 0.25) is 0 Å². The van der Waals surface area contributed by atoms with Crippen molar-refractivity contribution in [1.82, 2.24) is 0 Å². The summed E-state index contributed by atoms with van der Waals surface area (Å²) < 4.78 is 5.08. The molecule has 0 saturated heterocycles. The average molecular weight is 225 g/mol. The van der Waals surface area contributed by atoms with Crippen LogP contribution in [0.4, 0.5) is 0 Å². The third-order valence-electron chi connectivity index (χ3n) is 3.58. The minimum absolute atomic E-state index is 0.0199. The van der Waals surface area contributed by atoms with Gasteiger partial charge in [-0.15, -0.1) is 0 Å². The van der Waals surface area contributed by atoms with Crippen molar-refractivity contribution in [3.05, 3.63) is 0 Å². The van der Waals surface area contributed by atoms with Crippen molar-refractivity contribution in [2.45, 2.75) is 47.5 Å². The maximum Gasteiger partial charge on any atom is 0.327 e. The largest absolute Gasteiger partial charge is 0.465 e. The molecule has 0 aliphatic carbocycles. The van der Waals surface area contributed by atoms with E-state index < -0.39 is 5.41 Å². The van der Waals surface area contributed by atoms with Crippen LogP contribution in [0.25, 0.3) is 0 Å². The lowest BCUT2D eigenvalue weighted by Crippen LogP contribution is -2.43. The number of hydrogen-bond donors (Lipinski definition) is 0. The van der Waals surface area contributed by atoms with Crippen molar-refractivity contribution in [1.29, 1.82) is 5.26 Å². The lowest BCUT2D eigenvalue weighted by Gasteiger charge is -2.34. The molecule has 0 heterocycles.